The molecule has 0 aliphatic rings. The minimum atomic E-state index is 0.746. The van der Waals surface area contributed by atoms with Gasteiger partial charge in [0.25, 0.3) is 0 Å². The molecule has 13 heavy (non-hydrogen) atoms. The molecule has 0 fully saturated rings. The fraction of sp³-hybridized carbons (Fsp3) is 0. The average molecular weight is 189 g/mol. The second kappa shape index (κ2) is 4.00. The Hall–Kier alpha value is -1.42. The summed E-state index contributed by atoms with van der Waals surface area (Å²) in [4.78, 5) is 13.3. The Morgan fingerprint density at radius 3 is 2.54 bits per heavy atom. The summed E-state index contributed by atoms with van der Waals surface area (Å²) in [6.07, 6.45) is 6.99. The topological polar surface area (TPSA) is 38.7 Å². The van der Waals surface area contributed by atoms with Crippen LogP contribution in [0.25, 0.3) is 0 Å². The fourth-order valence-electron chi connectivity index (χ4n) is 0.851. The number of rotatable bonds is 2. The number of hydrogen-bond donors (Lipinski definition) is 0. The number of pyridine rings is 1. The Morgan fingerprint density at radius 2 is 1.85 bits per heavy atom. The van der Waals surface area contributed by atoms with Crippen LogP contribution in [0.15, 0.2) is 53.0 Å². The molecule has 0 amide bonds. The molecule has 3 nitrogen and oxygen atoms in total. The molecule has 0 aliphatic carbocycles. The van der Waals surface area contributed by atoms with E-state index in [9.17, 15) is 0 Å². The first kappa shape index (κ1) is 8.19. The Morgan fingerprint density at radius 1 is 1.00 bits per heavy atom. The molecule has 64 valence electrons. The van der Waals surface area contributed by atoms with Gasteiger partial charge in [0.1, 0.15) is 0 Å². The molecule has 2 aromatic rings. The molecule has 2 aromatic heterocycles. The summed E-state index contributed by atoms with van der Waals surface area (Å²) in [6.45, 7) is 0. The van der Waals surface area contributed by atoms with E-state index in [0.29, 0.717) is 0 Å². The van der Waals surface area contributed by atoms with E-state index in [1.807, 2.05) is 12.1 Å². The zero-order chi connectivity index (χ0) is 8.93. The van der Waals surface area contributed by atoms with Crippen molar-refractivity contribution in [2.45, 2.75) is 10.1 Å². The van der Waals surface area contributed by atoms with Gasteiger partial charge in [-0.15, -0.1) is 0 Å². The van der Waals surface area contributed by atoms with Gasteiger partial charge < -0.3 is 0 Å². The van der Waals surface area contributed by atoms with Gasteiger partial charge in [0.15, 0.2) is 5.16 Å². The molecule has 0 aromatic carbocycles. The van der Waals surface area contributed by atoms with E-state index in [4.69, 9.17) is 0 Å². The van der Waals surface area contributed by atoms with Crippen molar-refractivity contribution in [2.75, 3.05) is 0 Å². The quantitative estimate of drug-likeness (QED) is 0.677. The van der Waals surface area contributed by atoms with Gasteiger partial charge in [0.2, 0.25) is 0 Å². The van der Waals surface area contributed by atoms with E-state index >= 15 is 0 Å². The van der Waals surface area contributed by atoms with Gasteiger partial charge >= 0.3 is 0 Å². The van der Waals surface area contributed by atoms with E-state index in [-0.39, 0.29) is 0 Å². The summed E-state index contributed by atoms with van der Waals surface area (Å²) in [5.74, 6) is 0. The van der Waals surface area contributed by atoms with Gasteiger partial charge in [-0.1, -0.05) is 0 Å². The summed E-state index contributed by atoms with van der Waals surface area (Å²) in [7, 11) is 0. The third kappa shape index (κ3) is 2.26. The Labute approximate surface area is 80.3 Å². The molecule has 0 aliphatic heterocycles. The summed E-state index contributed by atoms with van der Waals surface area (Å²) in [6, 6.07) is 5.67. The Kier molecular flexibility index (Phi) is 2.52. The van der Waals surface area contributed by atoms with Crippen molar-refractivity contribution in [3.63, 3.8) is 0 Å². The highest BCUT2D eigenvalue weighted by Crippen LogP contribution is 2.21. The van der Waals surface area contributed by atoms with Crippen molar-refractivity contribution in [2.24, 2.45) is 0 Å². The third-order valence-electron chi connectivity index (χ3n) is 1.39. The first-order valence-electron chi connectivity index (χ1n) is 3.80. The van der Waals surface area contributed by atoms with E-state index in [0.717, 1.165) is 10.1 Å². The molecule has 0 bridgehead atoms. The highest BCUT2D eigenvalue weighted by Gasteiger charge is 1.97. The lowest BCUT2D eigenvalue weighted by Gasteiger charge is -1.96. The highest BCUT2D eigenvalue weighted by molar-refractivity contribution is 7.99. The standard InChI is InChI=1S/C9H7N3S/c1-3-8(7-10-4-1)13-9-11-5-2-6-12-9/h1-7H. The highest BCUT2D eigenvalue weighted by atomic mass is 32.2. The van der Waals surface area contributed by atoms with Gasteiger partial charge in [-0.05, 0) is 30.0 Å². The third-order valence-corrected chi connectivity index (χ3v) is 2.26. The van der Waals surface area contributed by atoms with Crippen molar-refractivity contribution in [3.8, 4) is 0 Å². The number of aromatic nitrogens is 3. The molecule has 0 unspecified atom stereocenters. The van der Waals surface area contributed by atoms with Gasteiger partial charge in [0, 0.05) is 29.7 Å². The van der Waals surface area contributed by atoms with Crippen LogP contribution >= 0.6 is 11.8 Å². The molecule has 2 rings (SSSR count). The van der Waals surface area contributed by atoms with Gasteiger partial charge in [-0.3, -0.25) is 4.98 Å². The minimum Gasteiger partial charge on any atom is -0.264 e. The largest absolute Gasteiger partial charge is 0.264 e. The van der Waals surface area contributed by atoms with Crippen LogP contribution in [0.2, 0.25) is 0 Å². The van der Waals surface area contributed by atoms with Crippen molar-refractivity contribution >= 4 is 11.8 Å². The fourth-order valence-corrected chi connectivity index (χ4v) is 1.55. The van der Waals surface area contributed by atoms with Crippen LogP contribution in [0.4, 0.5) is 0 Å². The lowest BCUT2D eigenvalue weighted by atomic mass is 10.5. The molecule has 0 N–H and O–H groups in total. The molecule has 0 spiro atoms. The van der Waals surface area contributed by atoms with Crippen LogP contribution in [-0.2, 0) is 0 Å². The number of nitrogens with zero attached hydrogens (tertiary/aromatic N) is 3. The maximum Gasteiger partial charge on any atom is 0.192 e. The van der Waals surface area contributed by atoms with Crippen LogP contribution in [0.3, 0.4) is 0 Å². The second-order valence-electron chi connectivity index (χ2n) is 2.32. The van der Waals surface area contributed by atoms with Crippen LogP contribution in [-0.4, -0.2) is 15.0 Å². The predicted molar refractivity (Wildman–Crippen MR) is 50.4 cm³/mol. The van der Waals surface area contributed by atoms with E-state index in [1.165, 1.54) is 11.8 Å². The molecule has 0 radical (unpaired) electrons. The first-order chi connectivity index (χ1) is 6.45. The van der Waals surface area contributed by atoms with Crippen LogP contribution < -0.4 is 0 Å². The molecular weight excluding hydrogens is 182 g/mol. The zero-order valence-electron chi connectivity index (χ0n) is 6.79. The maximum atomic E-state index is 4.10. The maximum absolute atomic E-state index is 4.10. The monoisotopic (exact) mass is 189 g/mol. The van der Waals surface area contributed by atoms with E-state index in [2.05, 4.69) is 15.0 Å². The molecule has 2 heterocycles. The Balaban J connectivity index is 2.16. The van der Waals surface area contributed by atoms with Gasteiger partial charge in [-0.2, -0.15) is 0 Å². The van der Waals surface area contributed by atoms with Crippen molar-refractivity contribution < 1.29 is 0 Å². The summed E-state index contributed by atoms with van der Waals surface area (Å²) in [5.41, 5.74) is 0. The molecule has 0 atom stereocenters. The molecule has 0 saturated carbocycles. The normalized spacial score (nSPS) is 9.85. The zero-order valence-corrected chi connectivity index (χ0v) is 7.61. The van der Waals surface area contributed by atoms with Crippen LogP contribution in [0.5, 0.6) is 0 Å². The van der Waals surface area contributed by atoms with Gasteiger partial charge in [-0.25, -0.2) is 9.97 Å². The van der Waals surface area contributed by atoms with Crippen LogP contribution in [0.1, 0.15) is 0 Å². The smallest absolute Gasteiger partial charge is 0.192 e. The van der Waals surface area contributed by atoms with E-state index < -0.39 is 0 Å². The summed E-state index contributed by atoms with van der Waals surface area (Å²) < 4.78 is 0. The Bertz CT molecular complexity index is 326. The summed E-state index contributed by atoms with van der Waals surface area (Å²) in [5, 5.41) is 0.746. The predicted octanol–water partition coefficient (Wildman–Crippen LogP) is 2.02. The van der Waals surface area contributed by atoms with E-state index in [1.54, 1.807) is 30.9 Å². The van der Waals surface area contributed by atoms with Crippen molar-refractivity contribution in [1.82, 2.24) is 15.0 Å². The lowest BCUT2D eigenvalue weighted by molar-refractivity contribution is 0.966. The first-order valence-corrected chi connectivity index (χ1v) is 4.62. The van der Waals surface area contributed by atoms with Gasteiger partial charge in [0.05, 0.1) is 0 Å². The summed E-state index contributed by atoms with van der Waals surface area (Å²) >= 11 is 1.50. The van der Waals surface area contributed by atoms with Crippen molar-refractivity contribution in [1.29, 1.82) is 0 Å². The minimum absolute atomic E-state index is 0.746. The number of hydrogen-bond acceptors (Lipinski definition) is 4. The molecule has 4 heteroatoms. The average Bonchev–Trinajstić information content (AvgIpc) is 2.21. The molecule has 0 saturated heterocycles. The lowest BCUT2D eigenvalue weighted by Crippen LogP contribution is -1.82. The van der Waals surface area contributed by atoms with Crippen LogP contribution in [0, 0.1) is 0 Å². The van der Waals surface area contributed by atoms with Crippen molar-refractivity contribution in [3.05, 3.63) is 43.0 Å². The molecular formula is C9H7N3S. The second-order valence-corrected chi connectivity index (χ2v) is 3.36. The SMILES string of the molecule is c1cnc(Sc2cccnc2)nc1.